The first-order valence-corrected chi connectivity index (χ1v) is 8.43. The van der Waals surface area contributed by atoms with Crippen molar-refractivity contribution in [3.8, 4) is 5.75 Å². The highest BCUT2D eigenvalue weighted by Gasteiger charge is 2.31. The van der Waals surface area contributed by atoms with E-state index in [4.69, 9.17) is 0 Å². The number of carbonyl (C=O) groups is 2. The number of phenols is 1. The summed E-state index contributed by atoms with van der Waals surface area (Å²) >= 11 is 1.25. The number of amides is 2. The summed E-state index contributed by atoms with van der Waals surface area (Å²) in [4.78, 5) is 25.6. The predicted molar refractivity (Wildman–Crippen MR) is 97.1 cm³/mol. The summed E-state index contributed by atoms with van der Waals surface area (Å²) in [5, 5.41) is 20.7. The van der Waals surface area contributed by atoms with E-state index in [1.165, 1.54) is 28.8 Å². The van der Waals surface area contributed by atoms with E-state index >= 15 is 0 Å². The van der Waals surface area contributed by atoms with Gasteiger partial charge in [0.2, 0.25) is 5.91 Å². The molecule has 0 bridgehead atoms. The molecule has 4 rings (SSSR count). The van der Waals surface area contributed by atoms with Crippen molar-refractivity contribution < 1.29 is 14.7 Å². The number of anilines is 2. The van der Waals surface area contributed by atoms with Crippen LogP contribution in [0, 0.1) is 0 Å². The zero-order chi connectivity index (χ0) is 17.4. The molecule has 124 valence electrons. The highest BCUT2D eigenvalue weighted by Crippen LogP contribution is 2.28. The van der Waals surface area contributed by atoms with Gasteiger partial charge in [-0.25, -0.2) is 0 Å². The number of para-hydroxylation sites is 1. The molecule has 2 aliphatic heterocycles. The van der Waals surface area contributed by atoms with Gasteiger partial charge in [0.15, 0.2) is 10.9 Å². The maximum absolute atomic E-state index is 12.2. The van der Waals surface area contributed by atoms with E-state index < -0.39 is 0 Å². The van der Waals surface area contributed by atoms with Crippen LogP contribution in [0.1, 0.15) is 5.56 Å². The molecule has 2 aromatic carbocycles. The fraction of sp³-hybridized carbons (Fsp3) is 0.0588. The molecule has 2 amide bonds. The normalized spacial score (nSPS) is 19.6. The highest BCUT2D eigenvalue weighted by atomic mass is 32.2. The Morgan fingerprint density at radius 1 is 1.04 bits per heavy atom. The quantitative estimate of drug-likeness (QED) is 0.810. The molecule has 2 aromatic rings. The van der Waals surface area contributed by atoms with Gasteiger partial charge in [0.1, 0.15) is 5.75 Å². The van der Waals surface area contributed by atoms with Crippen molar-refractivity contribution in [2.75, 3.05) is 16.0 Å². The van der Waals surface area contributed by atoms with E-state index in [1.807, 2.05) is 12.1 Å². The minimum absolute atomic E-state index is 0.112. The molecule has 0 saturated carbocycles. The van der Waals surface area contributed by atoms with Gasteiger partial charge in [-0.15, -0.1) is 10.2 Å². The molecule has 25 heavy (non-hydrogen) atoms. The fourth-order valence-electron chi connectivity index (χ4n) is 2.59. The third kappa shape index (κ3) is 2.76. The Hall–Kier alpha value is -3.13. The van der Waals surface area contributed by atoms with Gasteiger partial charge in [0, 0.05) is 5.56 Å². The van der Waals surface area contributed by atoms with Crippen molar-refractivity contribution in [3.05, 3.63) is 54.1 Å². The Balaban J connectivity index is 1.70. The van der Waals surface area contributed by atoms with E-state index in [1.54, 1.807) is 24.3 Å². The minimum atomic E-state index is -0.323. The lowest BCUT2D eigenvalue weighted by molar-refractivity contribution is -0.115. The van der Waals surface area contributed by atoms with Crippen molar-refractivity contribution >= 4 is 45.8 Å². The fourth-order valence-corrected chi connectivity index (χ4v) is 3.40. The standard InChI is InChI=1S/C17H12N4O3S/c22-11-7-5-10(6-8-11)21-14(23)9-25-17(21)20-19-15-12-3-1-2-4-13(12)18-16(15)24/h1-8,22H,9H2,(H,18,19,24)/b20-17-. The van der Waals surface area contributed by atoms with Crippen LogP contribution < -0.4 is 10.2 Å². The maximum atomic E-state index is 12.2. The number of amidine groups is 1. The topological polar surface area (TPSA) is 94.4 Å². The van der Waals surface area contributed by atoms with Crippen LogP contribution in [0.4, 0.5) is 11.4 Å². The molecule has 0 spiro atoms. The van der Waals surface area contributed by atoms with Crippen molar-refractivity contribution in [1.29, 1.82) is 0 Å². The summed E-state index contributed by atoms with van der Waals surface area (Å²) in [5.74, 6) is -0.101. The van der Waals surface area contributed by atoms with Crippen molar-refractivity contribution in [1.82, 2.24) is 0 Å². The lowest BCUT2D eigenvalue weighted by Gasteiger charge is -2.15. The van der Waals surface area contributed by atoms with E-state index in [-0.39, 0.29) is 29.0 Å². The SMILES string of the molecule is O=C1Nc2ccccc2/C1=N\N=C1/SCC(=O)N1c1ccc(O)cc1. The summed E-state index contributed by atoms with van der Waals surface area (Å²) in [7, 11) is 0. The molecule has 8 heteroatoms. The minimum Gasteiger partial charge on any atom is -0.508 e. The van der Waals surface area contributed by atoms with Crippen LogP contribution in [-0.4, -0.2) is 33.6 Å². The molecule has 2 N–H and O–H groups in total. The average Bonchev–Trinajstić information content (AvgIpc) is 3.13. The van der Waals surface area contributed by atoms with Gasteiger partial charge in [-0.2, -0.15) is 0 Å². The first-order chi connectivity index (χ1) is 12.1. The lowest BCUT2D eigenvalue weighted by atomic mass is 10.1. The summed E-state index contributed by atoms with van der Waals surface area (Å²) < 4.78 is 0. The van der Waals surface area contributed by atoms with Gasteiger partial charge >= 0.3 is 0 Å². The molecule has 0 radical (unpaired) electrons. The molecule has 2 aliphatic rings. The smallest absolute Gasteiger partial charge is 0.276 e. The zero-order valence-corrected chi connectivity index (χ0v) is 13.7. The van der Waals surface area contributed by atoms with Crippen molar-refractivity contribution in [2.24, 2.45) is 10.2 Å². The number of nitrogens with one attached hydrogen (secondary N) is 1. The van der Waals surface area contributed by atoms with Gasteiger partial charge in [-0.05, 0) is 30.3 Å². The number of rotatable bonds is 2. The second kappa shape index (κ2) is 6.06. The second-order valence-corrected chi connectivity index (χ2v) is 6.31. The number of carbonyl (C=O) groups excluding carboxylic acids is 2. The summed E-state index contributed by atoms with van der Waals surface area (Å²) in [5.41, 5.74) is 2.18. The highest BCUT2D eigenvalue weighted by molar-refractivity contribution is 8.15. The second-order valence-electron chi connectivity index (χ2n) is 5.37. The van der Waals surface area contributed by atoms with E-state index in [9.17, 15) is 14.7 Å². The monoisotopic (exact) mass is 352 g/mol. The first kappa shape index (κ1) is 15.4. The van der Waals surface area contributed by atoms with Crippen LogP contribution in [0.25, 0.3) is 0 Å². The van der Waals surface area contributed by atoms with Crippen molar-refractivity contribution in [2.45, 2.75) is 0 Å². The van der Waals surface area contributed by atoms with Crippen LogP contribution in [0.3, 0.4) is 0 Å². The molecule has 0 aliphatic carbocycles. The van der Waals surface area contributed by atoms with Gasteiger partial charge in [-0.1, -0.05) is 30.0 Å². The number of aromatic hydroxyl groups is 1. The first-order valence-electron chi connectivity index (χ1n) is 7.44. The molecular weight excluding hydrogens is 340 g/mol. The number of phenolic OH excluding ortho intramolecular Hbond substituents is 1. The Morgan fingerprint density at radius 3 is 2.60 bits per heavy atom. The zero-order valence-electron chi connectivity index (χ0n) is 12.8. The van der Waals surface area contributed by atoms with Crippen LogP contribution >= 0.6 is 11.8 Å². The Morgan fingerprint density at radius 2 is 1.80 bits per heavy atom. The summed E-state index contributed by atoms with van der Waals surface area (Å²) in [6.07, 6.45) is 0. The van der Waals surface area contributed by atoms with E-state index in [2.05, 4.69) is 15.5 Å². The average molecular weight is 352 g/mol. The van der Waals surface area contributed by atoms with Crippen molar-refractivity contribution in [3.63, 3.8) is 0 Å². The Kier molecular flexibility index (Phi) is 3.73. The predicted octanol–water partition coefficient (Wildman–Crippen LogP) is 2.18. The van der Waals surface area contributed by atoms with E-state index in [0.717, 1.165) is 0 Å². The number of nitrogens with zero attached hydrogens (tertiary/aromatic N) is 3. The molecule has 1 fully saturated rings. The summed E-state index contributed by atoms with van der Waals surface area (Å²) in [6.45, 7) is 0. The van der Waals surface area contributed by atoms with Crippen LogP contribution in [-0.2, 0) is 9.59 Å². The Labute approximate surface area is 147 Å². The van der Waals surface area contributed by atoms with Crippen LogP contribution in [0.15, 0.2) is 58.7 Å². The largest absolute Gasteiger partial charge is 0.508 e. The number of benzene rings is 2. The molecule has 7 nitrogen and oxygen atoms in total. The molecular formula is C17H12N4O3S. The van der Waals surface area contributed by atoms with E-state index in [0.29, 0.717) is 22.1 Å². The maximum Gasteiger partial charge on any atom is 0.276 e. The third-order valence-corrected chi connectivity index (χ3v) is 4.67. The van der Waals surface area contributed by atoms with Gasteiger partial charge in [0.05, 0.1) is 17.1 Å². The summed E-state index contributed by atoms with van der Waals surface area (Å²) in [6, 6.07) is 13.5. The van der Waals surface area contributed by atoms with Crippen LogP contribution in [0.2, 0.25) is 0 Å². The Bertz CT molecular complexity index is 937. The number of thioether (sulfide) groups is 1. The van der Waals surface area contributed by atoms with Crippen LogP contribution in [0.5, 0.6) is 5.75 Å². The molecule has 0 unspecified atom stereocenters. The number of hydrogen-bond acceptors (Lipinski definition) is 6. The number of hydrogen-bond donors (Lipinski definition) is 2. The lowest BCUT2D eigenvalue weighted by Crippen LogP contribution is -2.29. The van der Waals surface area contributed by atoms with Gasteiger partial charge in [-0.3, -0.25) is 14.5 Å². The van der Waals surface area contributed by atoms with Gasteiger partial charge in [0.25, 0.3) is 5.91 Å². The number of fused-ring (bicyclic) bond motifs is 1. The molecule has 1 saturated heterocycles. The third-order valence-electron chi connectivity index (χ3n) is 3.75. The molecule has 0 aromatic heterocycles. The van der Waals surface area contributed by atoms with Gasteiger partial charge < -0.3 is 10.4 Å². The molecule has 0 atom stereocenters. The molecule has 2 heterocycles.